The van der Waals surface area contributed by atoms with E-state index in [9.17, 15) is 4.39 Å². The summed E-state index contributed by atoms with van der Waals surface area (Å²) in [6, 6.07) is 12.6. The van der Waals surface area contributed by atoms with Gasteiger partial charge in [-0.1, -0.05) is 35.9 Å². The van der Waals surface area contributed by atoms with Crippen LogP contribution < -0.4 is 10.1 Å². The van der Waals surface area contributed by atoms with Crippen molar-refractivity contribution in [2.24, 2.45) is 0 Å². The first-order valence-electron chi connectivity index (χ1n) is 7.07. The number of nitrogens with one attached hydrogen (secondary N) is 1. The topological polar surface area (TPSA) is 21.3 Å². The number of benzene rings is 2. The predicted octanol–water partition coefficient (Wildman–Crippen LogP) is 4.33. The molecule has 0 aromatic heterocycles. The van der Waals surface area contributed by atoms with Crippen molar-refractivity contribution in [1.82, 2.24) is 5.32 Å². The van der Waals surface area contributed by atoms with Gasteiger partial charge in [0.25, 0.3) is 0 Å². The van der Waals surface area contributed by atoms with Crippen LogP contribution in [0.4, 0.5) is 4.39 Å². The van der Waals surface area contributed by atoms with Gasteiger partial charge in [-0.2, -0.15) is 0 Å². The highest BCUT2D eigenvalue weighted by Gasteiger charge is 2.23. The normalized spacial score (nSPS) is 15.8. The molecule has 4 heteroatoms. The van der Waals surface area contributed by atoms with Crippen LogP contribution in [0.2, 0.25) is 5.02 Å². The monoisotopic (exact) mass is 305 g/mol. The van der Waals surface area contributed by atoms with Gasteiger partial charge in [-0.3, -0.25) is 0 Å². The van der Waals surface area contributed by atoms with E-state index in [-0.39, 0.29) is 11.1 Å². The molecule has 0 spiro atoms. The lowest BCUT2D eigenvalue weighted by Gasteiger charge is -2.19. The largest absolute Gasteiger partial charge is 0.490 e. The van der Waals surface area contributed by atoms with Gasteiger partial charge < -0.3 is 10.1 Å². The van der Waals surface area contributed by atoms with Crippen LogP contribution in [0.1, 0.15) is 30.0 Å². The number of hydrogen-bond acceptors (Lipinski definition) is 2. The first-order chi connectivity index (χ1) is 10.2. The summed E-state index contributed by atoms with van der Waals surface area (Å²) in [4.78, 5) is 0. The molecular weight excluding hydrogens is 289 g/mol. The summed E-state index contributed by atoms with van der Waals surface area (Å²) in [7, 11) is 1.83. The summed E-state index contributed by atoms with van der Waals surface area (Å²) >= 11 is 6.09. The molecular formula is C17H17ClFNO. The van der Waals surface area contributed by atoms with Gasteiger partial charge in [0, 0.05) is 0 Å². The highest BCUT2D eigenvalue weighted by atomic mass is 35.5. The quantitative estimate of drug-likeness (QED) is 0.888. The van der Waals surface area contributed by atoms with E-state index in [1.54, 1.807) is 6.07 Å². The molecule has 0 radical (unpaired) electrons. The Morgan fingerprint density at radius 3 is 2.52 bits per heavy atom. The van der Waals surface area contributed by atoms with Gasteiger partial charge in [-0.25, -0.2) is 4.39 Å². The molecule has 2 aromatic carbocycles. The van der Waals surface area contributed by atoms with Crippen LogP contribution in [0.25, 0.3) is 0 Å². The Bertz CT molecular complexity index is 625. The summed E-state index contributed by atoms with van der Waals surface area (Å²) in [5.74, 6) is 0.476. The second kappa shape index (κ2) is 6.04. The Morgan fingerprint density at radius 2 is 1.90 bits per heavy atom. The third kappa shape index (κ3) is 3.20. The lowest BCUT2D eigenvalue weighted by molar-refractivity contribution is 0.303. The molecule has 21 heavy (non-hydrogen) atoms. The third-order valence-electron chi connectivity index (χ3n) is 3.62. The first-order valence-corrected chi connectivity index (χ1v) is 7.44. The maximum absolute atomic E-state index is 13.6. The summed E-state index contributed by atoms with van der Waals surface area (Å²) in [6.45, 7) is 0. The van der Waals surface area contributed by atoms with Crippen LogP contribution in [-0.4, -0.2) is 13.2 Å². The molecule has 1 atom stereocenters. The van der Waals surface area contributed by atoms with Crippen molar-refractivity contribution in [2.75, 3.05) is 7.05 Å². The van der Waals surface area contributed by atoms with E-state index in [2.05, 4.69) is 5.32 Å². The molecule has 0 aliphatic heterocycles. The zero-order valence-electron chi connectivity index (χ0n) is 11.8. The maximum atomic E-state index is 13.6. The third-order valence-corrected chi connectivity index (χ3v) is 4.02. The second-order valence-corrected chi connectivity index (χ2v) is 5.63. The zero-order chi connectivity index (χ0) is 14.8. The van der Waals surface area contributed by atoms with E-state index < -0.39 is 5.82 Å². The molecule has 1 N–H and O–H groups in total. The number of hydrogen-bond donors (Lipinski definition) is 1. The average molecular weight is 306 g/mol. The fraction of sp³-hybridized carbons (Fsp3) is 0.294. The molecule has 1 saturated carbocycles. The fourth-order valence-electron chi connectivity index (χ4n) is 2.36. The van der Waals surface area contributed by atoms with E-state index >= 15 is 0 Å². The average Bonchev–Trinajstić information content (AvgIpc) is 3.30. The van der Waals surface area contributed by atoms with Crippen molar-refractivity contribution >= 4 is 11.6 Å². The lowest BCUT2D eigenvalue weighted by Crippen LogP contribution is -2.18. The molecule has 0 saturated heterocycles. The maximum Gasteiger partial charge on any atom is 0.142 e. The van der Waals surface area contributed by atoms with Gasteiger partial charge in [-0.15, -0.1) is 0 Å². The van der Waals surface area contributed by atoms with Gasteiger partial charge in [0.2, 0.25) is 0 Å². The molecule has 3 rings (SSSR count). The van der Waals surface area contributed by atoms with Gasteiger partial charge in [-0.05, 0) is 49.2 Å². The number of rotatable bonds is 5. The zero-order valence-corrected chi connectivity index (χ0v) is 12.5. The molecule has 2 nitrogen and oxygen atoms in total. The van der Waals surface area contributed by atoms with E-state index in [1.165, 1.54) is 6.07 Å². The number of halogens is 2. The Labute approximate surface area is 128 Å². The molecule has 0 amide bonds. The van der Waals surface area contributed by atoms with Crippen molar-refractivity contribution in [3.05, 3.63) is 64.4 Å². The highest BCUT2D eigenvalue weighted by Crippen LogP contribution is 2.32. The molecule has 1 aliphatic rings. The molecule has 0 heterocycles. The number of ether oxygens (including phenoxy) is 1. The Balaban J connectivity index is 1.86. The lowest BCUT2D eigenvalue weighted by atomic mass is 9.98. The molecule has 1 fully saturated rings. The van der Waals surface area contributed by atoms with E-state index in [4.69, 9.17) is 16.3 Å². The fourth-order valence-corrected chi connectivity index (χ4v) is 2.60. The minimum Gasteiger partial charge on any atom is -0.490 e. The smallest absolute Gasteiger partial charge is 0.142 e. The Morgan fingerprint density at radius 1 is 1.19 bits per heavy atom. The van der Waals surface area contributed by atoms with Crippen LogP contribution in [0.15, 0.2) is 42.5 Å². The van der Waals surface area contributed by atoms with Crippen LogP contribution in [0.3, 0.4) is 0 Å². The Hall–Kier alpha value is -1.58. The van der Waals surface area contributed by atoms with Crippen LogP contribution in [0, 0.1) is 5.82 Å². The summed E-state index contributed by atoms with van der Waals surface area (Å²) in [5.41, 5.74) is 1.75. The molecule has 1 unspecified atom stereocenters. The second-order valence-electron chi connectivity index (χ2n) is 5.25. The Kier molecular flexibility index (Phi) is 4.13. The van der Waals surface area contributed by atoms with Crippen LogP contribution in [-0.2, 0) is 0 Å². The minimum atomic E-state index is -0.400. The van der Waals surface area contributed by atoms with E-state index in [1.807, 2.05) is 37.4 Å². The molecule has 2 aromatic rings. The van der Waals surface area contributed by atoms with Gasteiger partial charge in [0.15, 0.2) is 0 Å². The standard InChI is InChI=1S/C17H17ClFNO/c1-20-17(14-3-2-4-15(19)16(14)18)11-5-7-12(8-6-11)21-13-9-10-13/h2-8,13,17,20H,9-10H2,1H3. The van der Waals surface area contributed by atoms with Crippen LogP contribution in [0.5, 0.6) is 5.75 Å². The SMILES string of the molecule is CNC(c1ccc(OC2CC2)cc1)c1cccc(F)c1Cl. The summed E-state index contributed by atoms with van der Waals surface area (Å²) in [6.07, 6.45) is 2.66. The molecule has 0 bridgehead atoms. The van der Waals surface area contributed by atoms with Crippen molar-refractivity contribution in [3.63, 3.8) is 0 Å². The van der Waals surface area contributed by atoms with Gasteiger partial charge in [0.05, 0.1) is 17.2 Å². The van der Waals surface area contributed by atoms with E-state index in [0.717, 1.165) is 29.7 Å². The van der Waals surface area contributed by atoms with Gasteiger partial charge in [0.1, 0.15) is 11.6 Å². The molecule has 1 aliphatic carbocycles. The van der Waals surface area contributed by atoms with E-state index in [0.29, 0.717) is 6.10 Å². The van der Waals surface area contributed by atoms with Crippen molar-refractivity contribution in [1.29, 1.82) is 0 Å². The first kappa shape index (κ1) is 14.4. The van der Waals surface area contributed by atoms with Crippen molar-refractivity contribution < 1.29 is 9.13 Å². The van der Waals surface area contributed by atoms with Gasteiger partial charge >= 0.3 is 0 Å². The summed E-state index contributed by atoms with van der Waals surface area (Å²) in [5, 5.41) is 3.35. The minimum absolute atomic E-state index is 0.150. The molecule has 110 valence electrons. The summed E-state index contributed by atoms with van der Waals surface area (Å²) < 4.78 is 19.4. The van der Waals surface area contributed by atoms with Crippen molar-refractivity contribution in [3.8, 4) is 5.75 Å². The highest BCUT2D eigenvalue weighted by molar-refractivity contribution is 6.31. The predicted molar refractivity (Wildman–Crippen MR) is 82.4 cm³/mol. The van der Waals surface area contributed by atoms with Crippen LogP contribution >= 0.6 is 11.6 Å². The van der Waals surface area contributed by atoms with Crippen molar-refractivity contribution in [2.45, 2.75) is 25.0 Å².